The Morgan fingerprint density at radius 1 is 1.27 bits per heavy atom. The third kappa shape index (κ3) is 4.45. The Morgan fingerprint density at radius 3 is 2.59 bits per heavy atom. The van der Waals surface area contributed by atoms with E-state index in [1.165, 1.54) is 12.8 Å². The van der Waals surface area contributed by atoms with E-state index in [1.54, 1.807) is 0 Å². The van der Waals surface area contributed by atoms with Crippen molar-refractivity contribution in [3.63, 3.8) is 0 Å². The van der Waals surface area contributed by atoms with Gasteiger partial charge in [-0.1, -0.05) is 26.7 Å². The first-order chi connectivity index (χ1) is 10.7. The fraction of sp³-hybridized carbons (Fsp3) is 0.882. The van der Waals surface area contributed by atoms with E-state index in [-0.39, 0.29) is 17.7 Å². The van der Waals surface area contributed by atoms with Gasteiger partial charge in [0.2, 0.25) is 11.8 Å². The summed E-state index contributed by atoms with van der Waals surface area (Å²) >= 11 is 0. The van der Waals surface area contributed by atoms with Crippen molar-refractivity contribution in [3.05, 3.63) is 0 Å². The molecule has 0 radical (unpaired) electrons. The van der Waals surface area contributed by atoms with E-state index in [0.717, 1.165) is 38.9 Å². The summed E-state index contributed by atoms with van der Waals surface area (Å²) in [6.07, 6.45) is 6.04. The molecule has 126 valence electrons. The SMILES string of the molecule is CCN(CC)CCCNC(=O)[C@@H]1CC(=O)N(C2CCCC2)C1. The molecular formula is C17H31N3O2. The first kappa shape index (κ1) is 17.3. The molecule has 1 atom stereocenters. The van der Waals surface area contributed by atoms with Crippen molar-refractivity contribution in [1.82, 2.24) is 15.1 Å². The Morgan fingerprint density at radius 2 is 1.95 bits per heavy atom. The van der Waals surface area contributed by atoms with Gasteiger partial charge in [-0.3, -0.25) is 9.59 Å². The topological polar surface area (TPSA) is 52.7 Å². The Kier molecular flexibility index (Phi) is 6.68. The maximum absolute atomic E-state index is 12.2. The molecular weight excluding hydrogens is 278 g/mol. The van der Waals surface area contributed by atoms with Gasteiger partial charge in [0.15, 0.2) is 0 Å². The van der Waals surface area contributed by atoms with Gasteiger partial charge in [-0.05, 0) is 38.9 Å². The molecule has 2 rings (SSSR count). The molecule has 0 aromatic carbocycles. The molecule has 1 N–H and O–H groups in total. The van der Waals surface area contributed by atoms with Gasteiger partial charge >= 0.3 is 0 Å². The number of rotatable bonds is 8. The Bertz CT molecular complexity index is 376. The molecule has 0 unspecified atom stereocenters. The smallest absolute Gasteiger partial charge is 0.225 e. The zero-order valence-electron chi connectivity index (χ0n) is 14.1. The lowest BCUT2D eigenvalue weighted by atomic mass is 10.1. The number of hydrogen-bond acceptors (Lipinski definition) is 3. The number of nitrogens with zero attached hydrogens (tertiary/aromatic N) is 2. The summed E-state index contributed by atoms with van der Waals surface area (Å²) in [7, 11) is 0. The van der Waals surface area contributed by atoms with Crippen LogP contribution in [0.5, 0.6) is 0 Å². The van der Waals surface area contributed by atoms with Gasteiger partial charge in [0.25, 0.3) is 0 Å². The number of nitrogens with one attached hydrogen (secondary N) is 1. The fourth-order valence-electron chi connectivity index (χ4n) is 3.67. The van der Waals surface area contributed by atoms with E-state index in [4.69, 9.17) is 0 Å². The zero-order valence-corrected chi connectivity index (χ0v) is 14.1. The highest BCUT2D eigenvalue weighted by Gasteiger charge is 2.38. The summed E-state index contributed by atoms with van der Waals surface area (Å²) in [5.41, 5.74) is 0. The summed E-state index contributed by atoms with van der Waals surface area (Å²) in [6, 6.07) is 0.396. The highest BCUT2D eigenvalue weighted by atomic mass is 16.2. The lowest BCUT2D eigenvalue weighted by Gasteiger charge is -2.24. The second-order valence-corrected chi connectivity index (χ2v) is 6.56. The number of carbonyl (C=O) groups is 2. The van der Waals surface area contributed by atoms with Gasteiger partial charge in [-0.2, -0.15) is 0 Å². The highest BCUT2D eigenvalue weighted by molar-refractivity contribution is 5.89. The van der Waals surface area contributed by atoms with Crippen LogP contribution < -0.4 is 5.32 Å². The van der Waals surface area contributed by atoms with E-state index >= 15 is 0 Å². The van der Waals surface area contributed by atoms with Crippen molar-refractivity contribution in [1.29, 1.82) is 0 Å². The van der Waals surface area contributed by atoms with Crippen LogP contribution in [0.1, 0.15) is 52.4 Å². The molecule has 0 aromatic rings. The minimum atomic E-state index is -0.137. The maximum Gasteiger partial charge on any atom is 0.225 e. The Labute approximate surface area is 134 Å². The molecule has 1 aliphatic heterocycles. The molecule has 1 heterocycles. The molecule has 5 heteroatoms. The summed E-state index contributed by atoms with van der Waals surface area (Å²) in [5, 5.41) is 3.02. The van der Waals surface area contributed by atoms with E-state index < -0.39 is 0 Å². The molecule has 2 aliphatic rings. The van der Waals surface area contributed by atoms with Crippen molar-refractivity contribution in [2.24, 2.45) is 5.92 Å². The fourth-order valence-corrected chi connectivity index (χ4v) is 3.67. The van der Waals surface area contributed by atoms with Crippen LogP contribution in [-0.4, -0.2) is 60.4 Å². The van der Waals surface area contributed by atoms with Crippen LogP contribution in [0.25, 0.3) is 0 Å². The average Bonchev–Trinajstić information content (AvgIpc) is 3.16. The summed E-state index contributed by atoms with van der Waals surface area (Å²) in [4.78, 5) is 28.7. The van der Waals surface area contributed by atoms with Crippen LogP contribution in [0.4, 0.5) is 0 Å². The first-order valence-corrected chi connectivity index (χ1v) is 8.95. The van der Waals surface area contributed by atoms with Crippen molar-refractivity contribution < 1.29 is 9.59 Å². The van der Waals surface area contributed by atoms with Crippen LogP contribution >= 0.6 is 0 Å². The number of hydrogen-bond donors (Lipinski definition) is 1. The van der Waals surface area contributed by atoms with Crippen molar-refractivity contribution in [2.45, 2.75) is 58.4 Å². The molecule has 1 aliphatic carbocycles. The highest BCUT2D eigenvalue weighted by Crippen LogP contribution is 2.29. The predicted molar refractivity (Wildman–Crippen MR) is 87.5 cm³/mol. The van der Waals surface area contributed by atoms with E-state index in [2.05, 4.69) is 24.1 Å². The second kappa shape index (κ2) is 8.51. The van der Waals surface area contributed by atoms with Crippen molar-refractivity contribution in [3.8, 4) is 0 Å². The molecule has 1 saturated carbocycles. The van der Waals surface area contributed by atoms with Gasteiger partial charge in [-0.15, -0.1) is 0 Å². The Balaban J connectivity index is 1.68. The van der Waals surface area contributed by atoms with Gasteiger partial charge < -0.3 is 15.1 Å². The third-order valence-corrected chi connectivity index (χ3v) is 5.14. The van der Waals surface area contributed by atoms with Gasteiger partial charge in [0.1, 0.15) is 0 Å². The van der Waals surface area contributed by atoms with Gasteiger partial charge in [-0.25, -0.2) is 0 Å². The molecule has 2 amide bonds. The summed E-state index contributed by atoms with van der Waals surface area (Å²) < 4.78 is 0. The molecule has 5 nitrogen and oxygen atoms in total. The molecule has 22 heavy (non-hydrogen) atoms. The predicted octanol–water partition coefficient (Wildman–Crippen LogP) is 1.63. The monoisotopic (exact) mass is 309 g/mol. The van der Waals surface area contributed by atoms with Crippen LogP contribution in [0.3, 0.4) is 0 Å². The van der Waals surface area contributed by atoms with Crippen LogP contribution in [0.15, 0.2) is 0 Å². The standard InChI is InChI=1S/C17H31N3O2/c1-3-19(4-2)11-7-10-18-17(22)14-12-16(21)20(13-14)15-8-5-6-9-15/h14-15H,3-13H2,1-2H3,(H,18,22)/t14-/m1/s1. The van der Waals surface area contributed by atoms with Crippen LogP contribution in [-0.2, 0) is 9.59 Å². The Hall–Kier alpha value is -1.10. The minimum absolute atomic E-state index is 0.0633. The zero-order chi connectivity index (χ0) is 15.9. The minimum Gasteiger partial charge on any atom is -0.356 e. The maximum atomic E-state index is 12.2. The van der Waals surface area contributed by atoms with Crippen molar-refractivity contribution in [2.75, 3.05) is 32.7 Å². The summed E-state index contributed by atoms with van der Waals surface area (Å²) in [6.45, 7) is 8.78. The van der Waals surface area contributed by atoms with E-state index in [0.29, 0.717) is 25.6 Å². The number of carbonyl (C=O) groups excluding carboxylic acids is 2. The molecule has 0 aromatic heterocycles. The second-order valence-electron chi connectivity index (χ2n) is 6.56. The third-order valence-electron chi connectivity index (χ3n) is 5.14. The van der Waals surface area contributed by atoms with Crippen molar-refractivity contribution >= 4 is 11.8 Å². The normalized spacial score (nSPS) is 22.8. The molecule has 0 bridgehead atoms. The summed E-state index contributed by atoms with van der Waals surface area (Å²) in [5.74, 6) is 0.102. The number of amides is 2. The van der Waals surface area contributed by atoms with E-state index in [9.17, 15) is 9.59 Å². The average molecular weight is 309 g/mol. The molecule has 1 saturated heterocycles. The van der Waals surface area contributed by atoms with Crippen LogP contribution in [0, 0.1) is 5.92 Å². The largest absolute Gasteiger partial charge is 0.356 e. The van der Waals surface area contributed by atoms with Gasteiger partial charge in [0, 0.05) is 25.6 Å². The van der Waals surface area contributed by atoms with Gasteiger partial charge in [0.05, 0.1) is 5.92 Å². The molecule has 2 fully saturated rings. The lowest BCUT2D eigenvalue weighted by molar-refractivity contribution is -0.130. The quantitative estimate of drug-likeness (QED) is 0.693. The number of likely N-dealkylation sites (tertiary alicyclic amines) is 1. The lowest BCUT2D eigenvalue weighted by Crippen LogP contribution is -2.37. The molecule has 0 spiro atoms. The van der Waals surface area contributed by atoms with E-state index in [1.807, 2.05) is 4.90 Å². The first-order valence-electron chi connectivity index (χ1n) is 8.95. The van der Waals surface area contributed by atoms with Crippen LogP contribution in [0.2, 0.25) is 0 Å².